The second-order valence-corrected chi connectivity index (χ2v) is 3.10. The second-order valence-electron chi connectivity index (χ2n) is 2.69. The minimum absolute atomic E-state index is 0.0193. The van der Waals surface area contributed by atoms with E-state index < -0.39 is 0 Å². The number of carbonyl (C=O) groups excluding carboxylic acids is 1. The molecule has 0 aromatic carbocycles. The van der Waals surface area contributed by atoms with Gasteiger partial charge in [-0.15, -0.1) is 0 Å². The van der Waals surface area contributed by atoms with Crippen LogP contribution in [0.5, 0.6) is 0 Å². The SMILES string of the molecule is CCOC(=O)CNc1nc(NN)ncc1Cl. The first-order chi connectivity index (χ1) is 7.67. The Labute approximate surface area is 97.3 Å². The first-order valence-electron chi connectivity index (χ1n) is 4.56. The van der Waals surface area contributed by atoms with Gasteiger partial charge in [-0.05, 0) is 6.92 Å². The number of nitrogens with two attached hydrogens (primary N) is 1. The maximum atomic E-state index is 11.1. The van der Waals surface area contributed by atoms with Crippen LogP contribution in [0.3, 0.4) is 0 Å². The lowest BCUT2D eigenvalue weighted by atomic mass is 10.5. The van der Waals surface area contributed by atoms with Gasteiger partial charge >= 0.3 is 5.97 Å². The maximum Gasteiger partial charge on any atom is 0.325 e. The lowest BCUT2D eigenvalue weighted by Gasteiger charge is -2.07. The van der Waals surface area contributed by atoms with Crippen molar-refractivity contribution in [1.29, 1.82) is 0 Å². The van der Waals surface area contributed by atoms with Crippen molar-refractivity contribution >= 4 is 29.3 Å². The normalized spacial score (nSPS) is 9.69. The number of hydrazine groups is 1. The van der Waals surface area contributed by atoms with E-state index >= 15 is 0 Å². The molecule has 1 aromatic rings. The Morgan fingerprint density at radius 1 is 1.69 bits per heavy atom. The number of aromatic nitrogens is 2. The molecule has 8 heteroatoms. The predicted molar refractivity (Wildman–Crippen MR) is 60.0 cm³/mol. The number of hydrogen-bond acceptors (Lipinski definition) is 7. The van der Waals surface area contributed by atoms with E-state index in [2.05, 4.69) is 20.7 Å². The number of halogens is 1. The largest absolute Gasteiger partial charge is 0.465 e. The minimum atomic E-state index is -0.389. The Balaban J connectivity index is 2.62. The number of ether oxygens (including phenoxy) is 1. The van der Waals surface area contributed by atoms with Crippen molar-refractivity contribution in [3.63, 3.8) is 0 Å². The van der Waals surface area contributed by atoms with E-state index in [9.17, 15) is 4.79 Å². The van der Waals surface area contributed by atoms with E-state index in [1.807, 2.05) is 0 Å². The smallest absolute Gasteiger partial charge is 0.325 e. The van der Waals surface area contributed by atoms with Crippen LogP contribution in [0.1, 0.15) is 6.92 Å². The summed E-state index contributed by atoms with van der Waals surface area (Å²) in [7, 11) is 0. The summed E-state index contributed by atoms with van der Waals surface area (Å²) in [5, 5.41) is 3.01. The molecule has 88 valence electrons. The number of rotatable bonds is 5. The van der Waals surface area contributed by atoms with Crippen molar-refractivity contribution in [2.45, 2.75) is 6.92 Å². The Kier molecular flexibility index (Phi) is 4.74. The topological polar surface area (TPSA) is 102 Å². The van der Waals surface area contributed by atoms with E-state index in [1.165, 1.54) is 6.20 Å². The number of nitrogen functional groups attached to an aromatic ring is 1. The fourth-order valence-corrected chi connectivity index (χ4v) is 1.09. The summed E-state index contributed by atoms with van der Waals surface area (Å²) < 4.78 is 4.73. The van der Waals surface area contributed by atoms with Crippen LogP contribution in [-0.4, -0.2) is 29.1 Å². The van der Waals surface area contributed by atoms with Crippen LogP contribution in [-0.2, 0) is 9.53 Å². The summed E-state index contributed by atoms with van der Waals surface area (Å²) in [5.74, 6) is 5.27. The summed E-state index contributed by atoms with van der Waals surface area (Å²) in [4.78, 5) is 18.8. The van der Waals surface area contributed by atoms with Gasteiger partial charge in [0.15, 0.2) is 5.82 Å². The van der Waals surface area contributed by atoms with E-state index in [1.54, 1.807) is 6.92 Å². The van der Waals surface area contributed by atoms with Crippen molar-refractivity contribution in [3.05, 3.63) is 11.2 Å². The molecular formula is C8H12ClN5O2. The molecule has 0 radical (unpaired) electrons. The molecule has 1 rings (SSSR count). The minimum Gasteiger partial charge on any atom is -0.465 e. The van der Waals surface area contributed by atoms with Gasteiger partial charge in [0.05, 0.1) is 12.8 Å². The van der Waals surface area contributed by atoms with Crippen molar-refractivity contribution in [2.75, 3.05) is 23.9 Å². The zero-order valence-electron chi connectivity index (χ0n) is 8.66. The van der Waals surface area contributed by atoms with Gasteiger partial charge in [-0.1, -0.05) is 11.6 Å². The molecule has 0 amide bonds. The number of esters is 1. The van der Waals surface area contributed by atoms with Gasteiger partial charge in [0.1, 0.15) is 11.6 Å². The van der Waals surface area contributed by atoms with Crippen LogP contribution in [0.15, 0.2) is 6.20 Å². The molecule has 16 heavy (non-hydrogen) atoms. The van der Waals surface area contributed by atoms with Crippen molar-refractivity contribution in [1.82, 2.24) is 9.97 Å². The van der Waals surface area contributed by atoms with Gasteiger partial charge in [-0.25, -0.2) is 10.8 Å². The zero-order chi connectivity index (χ0) is 12.0. The van der Waals surface area contributed by atoms with Gasteiger partial charge in [0, 0.05) is 0 Å². The summed E-state index contributed by atoms with van der Waals surface area (Å²) in [6.07, 6.45) is 1.37. The standard InChI is InChI=1S/C8H12ClN5O2/c1-2-16-6(15)4-11-7-5(9)3-12-8(13-7)14-10/h3H,2,4,10H2,1H3,(H2,11,12,13,14). The lowest BCUT2D eigenvalue weighted by Crippen LogP contribution is -2.18. The van der Waals surface area contributed by atoms with Crippen LogP contribution >= 0.6 is 11.6 Å². The van der Waals surface area contributed by atoms with E-state index in [0.717, 1.165) is 0 Å². The monoisotopic (exact) mass is 245 g/mol. The van der Waals surface area contributed by atoms with Crippen molar-refractivity contribution in [2.24, 2.45) is 5.84 Å². The first kappa shape index (κ1) is 12.5. The molecule has 0 saturated heterocycles. The summed E-state index contributed by atoms with van der Waals surface area (Å²) in [6, 6.07) is 0. The first-order valence-corrected chi connectivity index (χ1v) is 4.93. The van der Waals surface area contributed by atoms with Crippen molar-refractivity contribution in [3.8, 4) is 0 Å². The Bertz CT molecular complexity index is 373. The van der Waals surface area contributed by atoms with Crippen molar-refractivity contribution < 1.29 is 9.53 Å². The molecule has 0 bridgehead atoms. The number of nitrogens with zero attached hydrogens (tertiary/aromatic N) is 2. The van der Waals surface area contributed by atoms with Gasteiger partial charge in [-0.3, -0.25) is 10.2 Å². The number of hydrogen-bond donors (Lipinski definition) is 3. The number of carbonyl (C=O) groups is 1. The van der Waals surface area contributed by atoms with Gasteiger partial charge in [0.25, 0.3) is 0 Å². The molecule has 1 heterocycles. The predicted octanol–water partition coefficient (Wildman–Crippen LogP) is 0.391. The second kappa shape index (κ2) is 6.09. The molecule has 0 aliphatic rings. The number of nitrogens with one attached hydrogen (secondary N) is 2. The number of anilines is 2. The van der Waals surface area contributed by atoms with Crippen LogP contribution in [0.25, 0.3) is 0 Å². The van der Waals surface area contributed by atoms with Crippen LogP contribution < -0.4 is 16.6 Å². The highest BCUT2D eigenvalue weighted by Crippen LogP contribution is 2.18. The van der Waals surface area contributed by atoms with Gasteiger partial charge in [0.2, 0.25) is 5.95 Å². The summed E-state index contributed by atoms with van der Waals surface area (Å²) in [6.45, 7) is 2.04. The average molecular weight is 246 g/mol. The highest BCUT2D eigenvalue weighted by molar-refractivity contribution is 6.32. The average Bonchev–Trinajstić information content (AvgIpc) is 2.28. The Hall–Kier alpha value is -1.60. The molecule has 1 aromatic heterocycles. The Morgan fingerprint density at radius 2 is 2.44 bits per heavy atom. The van der Waals surface area contributed by atoms with E-state index in [4.69, 9.17) is 22.2 Å². The molecule has 7 nitrogen and oxygen atoms in total. The quantitative estimate of drug-likeness (QED) is 0.392. The Morgan fingerprint density at radius 3 is 3.06 bits per heavy atom. The van der Waals surface area contributed by atoms with Gasteiger partial charge < -0.3 is 10.1 Å². The molecule has 0 unspecified atom stereocenters. The molecule has 0 atom stereocenters. The summed E-state index contributed by atoms with van der Waals surface area (Å²) in [5.41, 5.74) is 2.27. The molecule has 0 spiro atoms. The van der Waals surface area contributed by atoms with Crippen LogP contribution in [0, 0.1) is 0 Å². The van der Waals surface area contributed by atoms with Gasteiger partial charge in [-0.2, -0.15) is 4.98 Å². The molecule has 0 aliphatic carbocycles. The lowest BCUT2D eigenvalue weighted by molar-refractivity contribution is -0.140. The molecular weight excluding hydrogens is 234 g/mol. The van der Waals surface area contributed by atoms with E-state index in [-0.39, 0.29) is 18.5 Å². The molecule has 4 N–H and O–H groups in total. The zero-order valence-corrected chi connectivity index (χ0v) is 9.41. The third-order valence-corrected chi connectivity index (χ3v) is 1.86. The maximum absolute atomic E-state index is 11.1. The highest BCUT2D eigenvalue weighted by atomic mass is 35.5. The highest BCUT2D eigenvalue weighted by Gasteiger charge is 2.07. The third kappa shape index (κ3) is 3.52. The van der Waals surface area contributed by atoms with E-state index in [0.29, 0.717) is 17.4 Å². The fraction of sp³-hybridized carbons (Fsp3) is 0.375. The van der Waals surface area contributed by atoms with Crippen LogP contribution in [0.2, 0.25) is 5.02 Å². The van der Waals surface area contributed by atoms with Crippen LogP contribution in [0.4, 0.5) is 11.8 Å². The molecule has 0 aliphatic heterocycles. The summed E-state index contributed by atoms with van der Waals surface area (Å²) >= 11 is 5.81. The third-order valence-electron chi connectivity index (χ3n) is 1.58. The molecule has 0 saturated carbocycles. The fourth-order valence-electron chi connectivity index (χ4n) is 0.929. The molecule has 0 fully saturated rings.